The van der Waals surface area contributed by atoms with E-state index in [1.54, 1.807) is 18.3 Å². The van der Waals surface area contributed by atoms with Crippen molar-refractivity contribution < 1.29 is 9.59 Å². The third-order valence-corrected chi connectivity index (χ3v) is 3.55. The van der Waals surface area contributed by atoms with E-state index in [2.05, 4.69) is 15.6 Å². The zero-order chi connectivity index (χ0) is 15.4. The van der Waals surface area contributed by atoms with Gasteiger partial charge < -0.3 is 10.6 Å². The molecule has 1 aliphatic rings. The minimum atomic E-state index is -0.192. The second kappa shape index (κ2) is 6.39. The fourth-order valence-electron chi connectivity index (χ4n) is 2.09. The van der Waals surface area contributed by atoms with Crippen LogP contribution in [0.2, 0.25) is 0 Å². The Bertz CT molecular complexity index is 664. The Morgan fingerprint density at radius 1 is 1.14 bits per heavy atom. The molecule has 1 aliphatic carbocycles. The molecular weight excluding hydrogens is 278 g/mol. The molecule has 1 aromatic heterocycles. The van der Waals surface area contributed by atoms with Crippen LogP contribution in [0.3, 0.4) is 0 Å². The number of pyridine rings is 1. The average Bonchev–Trinajstić information content (AvgIpc) is 3.40. The molecule has 112 valence electrons. The number of hydrogen-bond donors (Lipinski definition) is 2. The number of benzene rings is 1. The lowest BCUT2D eigenvalue weighted by atomic mass is 10.2. The minimum Gasteiger partial charge on any atom is -0.352 e. The first-order valence-electron chi connectivity index (χ1n) is 7.30. The normalized spacial score (nSPS) is 13.5. The first kappa shape index (κ1) is 14.3. The Labute approximate surface area is 128 Å². The number of nitrogens with zero attached hydrogens (tertiary/aromatic N) is 1. The molecule has 22 heavy (non-hydrogen) atoms. The summed E-state index contributed by atoms with van der Waals surface area (Å²) >= 11 is 0. The Morgan fingerprint density at radius 2 is 1.91 bits per heavy atom. The summed E-state index contributed by atoms with van der Waals surface area (Å²) in [5.41, 5.74) is 2.24. The van der Waals surface area contributed by atoms with Gasteiger partial charge in [-0.3, -0.25) is 14.6 Å². The second-order valence-corrected chi connectivity index (χ2v) is 5.38. The molecule has 1 aromatic carbocycles. The van der Waals surface area contributed by atoms with E-state index in [1.807, 2.05) is 24.3 Å². The smallest absolute Gasteiger partial charge is 0.257 e. The number of carbonyl (C=O) groups is 2. The van der Waals surface area contributed by atoms with Crippen LogP contribution in [0.5, 0.6) is 0 Å². The van der Waals surface area contributed by atoms with E-state index in [0.717, 1.165) is 18.4 Å². The van der Waals surface area contributed by atoms with Crippen LogP contribution >= 0.6 is 0 Å². The molecule has 0 unspecified atom stereocenters. The number of carbonyl (C=O) groups excluding carboxylic acids is 2. The fraction of sp³-hybridized carbons (Fsp3) is 0.235. The van der Waals surface area contributed by atoms with Crippen LogP contribution in [0.15, 0.2) is 48.8 Å². The quantitative estimate of drug-likeness (QED) is 0.889. The van der Waals surface area contributed by atoms with Gasteiger partial charge >= 0.3 is 0 Å². The fourth-order valence-corrected chi connectivity index (χ4v) is 2.09. The number of aromatic nitrogens is 1. The predicted molar refractivity (Wildman–Crippen MR) is 83.2 cm³/mol. The van der Waals surface area contributed by atoms with E-state index < -0.39 is 0 Å². The van der Waals surface area contributed by atoms with Gasteiger partial charge in [-0.05, 0) is 42.7 Å². The van der Waals surface area contributed by atoms with Gasteiger partial charge in [0.2, 0.25) is 5.91 Å². The number of anilines is 1. The van der Waals surface area contributed by atoms with E-state index in [9.17, 15) is 9.59 Å². The van der Waals surface area contributed by atoms with Crippen molar-refractivity contribution in [2.24, 2.45) is 5.92 Å². The van der Waals surface area contributed by atoms with Crippen LogP contribution in [-0.2, 0) is 11.3 Å². The van der Waals surface area contributed by atoms with Crippen molar-refractivity contribution in [3.8, 4) is 0 Å². The maximum atomic E-state index is 12.0. The molecule has 0 spiro atoms. The van der Waals surface area contributed by atoms with Gasteiger partial charge in [0.05, 0.1) is 5.56 Å². The van der Waals surface area contributed by atoms with Gasteiger partial charge in [0.25, 0.3) is 5.91 Å². The van der Waals surface area contributed by atoms with Gasteiger partial charge in [0.1, 0.15) is 0 Å². The molecule has 1 saturated carbocycles. The van der Waals surface area contributed by atoms with Crippen LogP contribution in [0, 0.1) is 5.92 Å². The van der Waals surface area contributed by atoms with Crippen molar-refractivity contribution in [2.45, 2.75) is 19.4 Å². The zero-order valence-electron chi connectivity index (χ0n) is 12.1. The van der Waals surface area contributed by atoms with Crippen molar-refractivity contribution in [2.75, 3.05) is 5.32 Å². The molecule has 1 fully saturated rings. The molecule has 3 rings (SSSR count). The maximum Gasteiger partial charge on any atom is 0.257 e. The summed E-state index contributed by atoms with van der Waals surface area (Å²) in [5, 5.41) is 5.72. The first-order chi connectivity index (χ1) is 10.7. The van der Waals surface area contributed by atoms with Gasteiger partial charge in [0, 0.05) is 30.5 Å². The molecule has 2 amide bonds. The van der Waals surface area contributed by atoms with E-state index in [1.165, 1.54) is 6.20 Å². The van der Waals surface area contributed by atoms with E-state index in [4.69, 9.17) is 0 Å². The lowest BCUT2D eigenvalue weighted by molar-refractivity contribution is -0.122. The molecule has 2 N–H and O–H groups in total. The Kier molecular flexibility index (Phi) is 4.14. The number of amides is 2. The molecule has 5 nitrogen and oxygen atoms in total. The molecule has 5 heteroatoms. The summed E-state index contributed by atoms with van der Waals surface area (Å²) in [6.07, 6.45) is 5.16. The van der Waals surface area contributed by atoms with E-state index >= 15 is 0 Å². The first-order valence-corrected chi connectivity index (χ1v) is 7.30. The summed E-state index contributed by atoms with van der Waals surface area (Å²) in [6.45, 7) is 0.520. The number of rotatable bonds is 5. The Morgan fingerprint density at radius 3 is 2.55 bits per heavy atom. The lowest BCUT2D eigenvalue weighted by Gasteiger charge is -2.07. The van der Waals surface area contributed by atoms with Crippen LogP contribution < -0.4 is 10.6 Å². The van der Waals surface area contributed by atoms with Crippen molar-refractivity contribution in [3.63, 3.8) is 0 Å². The van der Waals surface area contributed by atoms with Gasteiger partial charge in [-0.25, -0.2) is 0 Å². The molecule has 2 aromatic rings. The lowest BCUT2D eigenvalue weighted by Crippen LogP contribution is -2.24. The highest BCUT2D eigenvalue weighted by atomic mass is 16.2. The SMILES string of the molecule is O=C(Nc1ccc(CNC(=O)C2CC2)cc1)c1cccnc1. The summed E-state index contributed by atoms with van der Waals surface area (Å²) < 4.78 is 0. The monoisotopic (exact) mass is 295 g/mol. The minimum absolute atomic E-state index is 0.133. The number of hydrogen-bond acceptors (Lipinski definition) is 3. The molecule has 0 bridgehead atoms. The van der Waals surface area contributed by atoms with E-state index in [0.29, 0.717) is 17.8 Å². The zero-order valence-corrected chi connectivity index (χ0v) is 12.1. The van der Waals surface area contributed by atoms with Gasteiger partial charge in [-0.15, -0.1) is 0 Å². The molecule has 0 saturated heterocycles. The van der Waals surface area contributed by atoms with Gasteiger partial charge in [-0.1, -0.05) is 12.1 Å². The molecular formula is C17H17N3O2. The van der Waals surface area contributed by atoms with Crippen molar-refractivity contribution in [1.29, 1.82) is 0 Å². The summed E-state index contributed by atoms with van der Waals surface area (Å²) in [4.78, 5) is 27.5. The van der Waals surface area contributed by atoms with Crippen LogP contribution in [0.25, 0.3) is 0 Å². The standard InChI is InChI=1S/C17H17N3O2/c21-16(13-5-6-13)19-10-12-3-7-15(8-4-12)20-17(22)14-2-1-9-18-11-14/h1-4,7-9,11,13H,5-6,10H2,(H,19,21)(H,20,22). The largest absolute Gasteiger partial charge is 0.352 e. The third-order valence-electron chi connectivity index (χ3n) is 3.55. The highest BCUT2D eigenvalue weighted by Gasteiger charge is 2.29. The van der Waals surface area contributed by atoms with Crippen LogP contribution in [0.4, 0.5) is 5.69 Å². The van der Waals surface area contributed by atoms with Crippen molar-refractivity contribution >= 4 is 17.5 Å². The molecule has 1 heterocycles. The summed E-state index contributed by atoms with van der Waals surface area (Å²) in [6, 6.07) is 10.9. The summed E-state index contributed by atoms with van der Waals surface area (Å²) in [7, 11) is 0. The topological polar surface area (TPSA) is 71.1 Å². The number of nitrogens with one attached hydrogen (secondary N) is 2. The Hall–Kier alpha value is -2.69. The highest BCUT2D eigenvalue weighted by Crippen LogP contribution is 2.28. The highest BCUT2D eigenvalue weighted by molar-refractivity contribution is 6.04. The average molecular weight is 295 g/mol. The molecule has 0 radical (unpaired) electrons. The predicted octanol–water partition coefficient (Wildman–Crippen LogP) is 2.36. The van der Waals surface area contributed by atoms with Gasteiger partial charge in [0.15, 0.2) is 0 Å². The third kappa shape index (κ3) is 3.69. The van der Waals surface area contributed by atoms with E-state index in [-0.39, 0.29) is 17.7 Å². The Balaban J connectivity index is 1.54. The van der Waals surface area contributed by atoms with Gasteiger partial charge in [-0.2, -0.15) is 0 Å². The second-order valence-electron chi connectivity index (χ2n) is 5.38. The van der Waals surface area contributed by atoms with Crippen LogP contribution in [0.1, 0.15) is 28.8 Å². The summed E-state index contributed by atoms with van der Waals surface area (Å²) in [5.74, 6) is 0.162. The maximum absolute atomic E-state index is 12.0. The van der Waals surface area contributed by atoms with Crippen molar-refractivity contribution in [3.05, 3.63) is 59.9 Å². The molecule has 0 aliphatic heterocycles. The molecule has 0 atom stereocenters. The van der Waals surface area contributed by atoms with Crippen molar-refractivity contribution in [1.82, 2.24) is 10.3 Å². The van der Waals surface area contributed by atoms with Crippen LogP contribution in [-0.4, -0.2) is 16.8 Å².